The highest BCUT2D eigenvalue weighted by Gasteiger charge is 2.35. The molecule has 1 N–H and O–H groups in total. The van der Waals surface area contributed by atoms with Gasteiger partial charge in [0, 0.05) is 31.3 Å². The number of amides is 2. The van der Waals surface area contributed by atoms with Gasteiger partial charge in [-0.2, -0.15) is 0 Å². The summed E-state index contributed by atoms with van der Waals surface area (Å²) in [7, 11) is 0. The minimum atomic E-state index is -0.443. The summed E-state index contributed by atoms with van der Waals surface area (Å²) in [5.41, 5.74) is 1.36. The second-order valence-electron chi connectivity index (χ2n) is 6.29. The van der Waals surface area contributed by atoms with E-state index in [1.165, 1.54) is 12.1 Å². The van der Waals surface area contributed by atoms with Crippen molar-refractivity contribution in [2.24, 2.45) is 5.92 Å². The van der Waals surface area contributed by atoms with Crippen molar-refractivity contribution in [2.75, 3.05) is 18.2 Å². The van der Waals surface area contributed by atoms with E-state index in [0.717, 1.165) is 0 Å². The third-order valence-electron chi connectivity index (χ3n) is 4.52. The molecule has 0 aromatic heterocycles. The Balaban J connectivity index is 1.40. The van der Waals surface area contributed by atoms with E-state index in [0.29, 0.717) is 29.3 Å². The molecule has 26 heavy (non-hydrogen) atoms. The number of carbonyl (C=O) groups is 2. The molecular weight excluding hydrogens is 339 g/mol. The molecular formula is C19H17FN2O4. The van der Waals surface area contributed by atoms with E-state index >= 15 is 0 Å². The van der Waals surface area contributed by atoms with Gasteiger partial charge in [0.05, 0.1) is 5.92 Å². The zero-order chi connectivity index (χ0) is 18.1. The summed E-state index contributed by atoms with van der Waals surface area (Å²) in [6.45, 7) is 0.691. The second-order valence-corrected chi connectivity index (χ2v) is 6.29. The molecule has 7 heteroatoms. The first-order chi connectivity index (χ1) is 12.6. The molecule has 134 valence electrons. The molecule has 0 radical (unpaired) electrons. The molecule has 0 saturated carbocycles. The summed E-state index contributed by atoms with van der Waals surface area (Å²) < 4.78 is 23.8. The summed E-state index contributed by atoms with van der Waals surface area (Å²) in [4.78, 5) is 26.3. The number of ether oxygens (including phenoxy) is 2. The second kappa shape index (κ2) is 6.67. The van der Waals surface area contributed by atoms with Crippen LogP contribution in [0, 0.1) is 11.7 Å². The van der Waals surface area contributed by atoms with Crippen LogP contribution in [0.4, 0.5) is 10.1 Å². The van der Waals surface area contributed by atoms with Crippen molar-refractivity contribution in [1.82, 2.24) is 5.32 Å². The van der Waals surface area contributed by atoms with Crippen molar-refractivity contribution in [3.63, 3.8) is 0 Å². The number of hydrogen-bond donors (Lipinski definition) is 1. The predicted octanol–water partition coefficient (Wildman–Crippen LogP) is 2.22. The first kappa shape index (κ1) is 16.4. The van der Waals surface area contributed by atoms with Gasteiger partial charge in [0.2, 0.25) is 18.6 Å². The van der Waals surface area contributed by atoms with E-state index in [9.17, 15) is 14.0 Å². The number of hydrogen-bond acceptors (Lipinski definition) is 4. The average Bonchev–Trinajstić information content (AvgIpc) is 3.25. The lowest BCUT2D eigenvalue weighted by Crippen LogP contribution is -2.32. The number of rotatable bonds is 4. The first-order valence-electron chi connectivity index (χ1n) is 8.32. The van der Waals surface area contributed by atoms with Crippen LogP contribution in [0.2, 0.25) is 0 Å². The molecule has 2 amide bonds. The third-order valence-corrected chi connectivity index (χ3v) is 4.52. The Bertz CT molecular complexity index is 870. The molecule has 0 aliphatic carbocycles. The zero-order valence-electron chi connectivity index (χ0n) is 13.9. The lowest BCUT2D eigenvalue weighted by molar-refractivity contribution is -0.126. The highest BCUT2D eigenvalue weighted by Crippen LogP contribution is 2.37. The van der Waals surface area contributed by atoms with Crippen molar-refractivity contribution in [1.29, 1.82) is 0 Å². The fourth-order valence-corrected chi connectivity index (χ4v) is 3.17. The number of carbonyl (C=O) groups excluding carboxylic acids is 2. The van der Waals surface area contributed by atoms with Crippen LogP contribution in [0.1, 0.15) is 12.0 Å². The van der Waals surface area contributed by atoms with E-state index in [1.54, 1.807) is 35.2 Å². The lowest BCUT2D eigenvalue weighted by atomic mass is 10.1. The topological polar surface area (TPSA) is 67.9 Å². The Morgan fingerprint density at radius 2 is 2.04 bits per heavy atom. The largest absolute Gasteiger partial charge is 0.454 e. The Morgan fingerprint density at radius 1 is 1.19 bits per heavy atom. The van der Waals surface area contributed by atoms with Crippen LogP contribution < -0.4 is 19.7 Å². The van der Waals surface area contributed by atoms with Gasteiger partial charge >= 0.3 is 0 Å². The molecule has 1 saturated heterocycles. The van der Waals surface area contributed by atoms with E-state index < -0.39 is 5.92 Å². The number of benzene rings is 2. The van der Waals surface area contributed by atoms with Crippen molar-refractivity contribution in [2.45, 2.75) is 13.0 Å². The molecule has 0 spiro atoms. The van der Waals surface area contributed by atoms with Gasteiger partial charge < -0.3 is 19.7 Å². The average molecular weight is 356 g/mol. The fraction of sp³-hybridized carbons (Fsp3) is 0.263. The molecule has 2 aliphatic heterocycles. The molecule has 2 heterocycles. The number of anilines is 1. The molecule has 4 rings (SSSR count). The molecule has 1 fully saturated rings. The maximum absolute atomic E-state index is 13.2. The molecule has 1 atom stereocenters. The van der Waals surface area contributed by atoms with Crippen LogP contribution >= 0.6 is 0 Å². The standard InChI is InChI=1S/C19H17FN2O4/c20-14-3-1-2-12(6-14)9-21-19(24)13-7-18(23)22(10-13)15-4-5-16-17(8-15)26-11-25-16/h1-6,8,13H,7,9-11H2,(H,21,24). The monoisotopic (exact) mass is 356 g/mol. The zero-order valence-corrected chi connectivity index (χ0v) is 13.9. The Morgan fingerprint density at radius 3 is 2.88 bits per heavy atom. The number of halogens is 1. The van der Waals surface area contributed by atoms with Gasteiger partial charge in [-0.25, -0.2) is 4.39 Å². The van der Waals surface area contributed by atoms with Crippen LogP contribution in [0.15, 0.2) is 42.5 Å². The predicted molar refractivity (Wildman–Crippen MR) is 91.3 cm³/mol. The van der Waals surface area contributed by atoms with Gasteiger partial charge in [0.15, 0.2) is 11.5 Å². The smallest absolute Gasteiger partial charge is 0.231 e. The van der Waals surface area contributed by atoms with E-state index in [2.05, 4.69) is 5.32 Å². The van der Waals surface area contributed by atoms with Crippen LogP contribution in [-0.2, 0) is 16.1 Å². The normalized spacial score (nSPS) is 18.3. The number of nitrogens with zero attached hydrogens (tertiary/aromatic N) is 1. The van der Waals surface area contributed by atoms with Gasteiger partial charge in [-0.3, -0.25) is 9.59 Å². The maximum atomic E-state index is 13.2. The van der Waals surface area contributed by atoms with Crippen LogP contribution in [-0.4, -0.2) is 25.2 Å². The van der Waals surface area contributed by atoms with Crippen molar-refractivity contribution in [3.8, 4) is 11.5 Å². The summed E-state index contributed by atoms with van der Waals surface area (Å²) in [6, 6.07) is 11.3. The summed E-state index contributed by atoms with van der Waals surface area (Å²) in [5.74, 6) is 0.114. The Kier molecular flexibility index (Phi) is 4.20. The third kappa shape index (κ3) is 3.20. The van der Waals surface area contributed by atoms with Gasteiger partial charge in [0.1, 0.15) is 5.82 Å². The highest BCUT2D eigenvalue weighted by molar-refractivity contribution is 6.00. The molecule has 6 nitrogen and oxygen atoms in total. The molecule has 2 aromatic rings. The Labute approximate surface area is 149 Å². The quantitative estimate of drug-likeness (QED) is 0.912. The fourth-order valence-electron chi connectivity index (χ4n) is 3.17. The summed E-state index contributed by atoms with van der Waals surface area (Å²) >= 11 is 0. The minimum absolute atomic E-state index is 0.116. The highest BCUT2D eigenvalue weighted by atomic mass is 19.1. The van der Waals surface area contributed by atoms with E-state index in [1.807, 2.05) is 0 Å². The van der Waals surface area contributed by atoms with Crippen LogP contribution in [0.3, 0.4) is 0 Å². The number of nitrogens with one attached hydrogen (secondary N) is 1. The van der Waals surface area contributed by atoms with Gasteiger partial charge in [0.25, 0.3) is 0 Å². The van der Waals surface area contributed by atoms with Crippen molar-refractivity contribution < 1.29 is 23.5 Å². The lowest BCUT2D eigenvalue weighted by Gasteiger charge is -2.17. The minimum Gasteiger partial charge on any atom is -0.454 e. The first-order valence-corrected chi connectivity index (χ1v) is 8.32. The molecule has 2 aliphatic rings. The van der Waals surface area contributed by atoms with Crippen molar-refractivity contribution >= 4 is 17.5 Å². The SMILES string of the molecule is O=C(NCc1cccc(F)c1)C1CC(=O)N(c2ccc3c(c2)OCO3)C1. The molecule has 1 unspecified atom stereocenters. The van der Waals surface area contributed by atoms with Crippen molar-refractivity contribution in [3.05, 3.63) is 53.8 Å². The Hall–Kier alpha value is -3.09. The summed E-state index contributed by atoms with van der Waals surface area (Å²) in [5, 5.41) is 2.77. The van der Waals surface area contributed by atoms with Gasteiger partial charge in [-0.15, -0.1) is 0 Å². The maximum Gasteiger partial charge on any atom is 0.231 e. The van der Waals surface area contributed by atoms with Gasteiger partial charge in [-0.05, 0) is 29.8 Å². The molecule has 2 aromatic carbocycles. The van der Waals surface area contributed by atoms with Crippen LogP contribution in [0.5, 0.6) is 11.5 Å². The van der Waals surface area contributed by atoms with E-state index in [-0.39, 0.29) is 37.4 Å². The van der Waals surface area contributed by atoms with Gasteiger partial charge in [-0.1, -0.05) is 12.1 Å². The van der Waals surface area contributed by atoms with Crippen LogP contribution in [0.25, 0.3) is 0 Å². The summed E-state index contributed by atoms with van der Waals surface area (Å²) in [6.07, 6.45) is 0.142. The number of fused-ring (bicyclic) bond motifs is 1. The molecule has 0 bridgehead atoms. The van der Waals surface area contributed by atoms with E-state index in [4.69, 9.17) is 9.47 Å².